The molecule has 1 saturated heterocycles. The lowest BCUT2D eigenvalue weighted by atomic mass is 10.0. The van der Waals surface area contributed by atoms with Gasteiger partial charge in [-0.15, -0.1) is 0 Å². The number of nitrogens with zero attached hydrogens (tertiary/aromatic N) is 1. The molecule has 1 nitrogen and oxygen atoms in total. The van der Waals surface area contributed by atoms with Crippen LogP contribution < -0.4 is 0 Å². The van der Waals surface area contributed by atoms with Crippen molar-refractivity contribution in [2.24, 2.45) is 0 Å². The molecule has 1 heterocycles. The molecule has 0 aromatic heterocycles. The Morgan fingerprint density at radius 2 is 2.09 bits per heavy atom. The van der Waals surface area contributed by atoms with Gasteiger partial charge in [0.05, 0.1) is 14.1 Å². The lowest BCUT2D eigenvalue weighted by Crippen LogP contribution is -2.31. The van der Waals surface area contributed by atoms with Gasteiger partial charge in [0.1, 0.15) is 0 Å². The molecule has 0 bridgehead atoms. The van der Waals surface area contributed by atoms with E-state index in [0.717, 1.165) is 0 Å². The van der Waals surface area contributed by atoms with Crippen LogP contribution in [0, 0.1) is 0 Å². The number of piperidine rings is 1. The molecule has 0 spiro atoms. The molecule has 0 radical (unpaired) electrons. The van der Waals surface area contributed by atoms with Gasteiger partial charge in [0.2, 0.25) is 0 Å². The van der Waals surface area contributed by atoms with E-state index in [2.05, 4.69) is 26.2 Å². The Bertz CT molecular complexity index is 254. The third kappa shape index (κ3) is 0.347. The molecule has 0 amide bonds. The summed E-state index contributed by atoms with van der Waals surface area (Å²) in [6.45, 7) is 0. The van der Waals surface area contributed by atoms with Crippen LogP contribution in [0.1, 0.15) is 25.7 Å². The molecule has 1 saturated carbocycles. The molecule has 0 aromatic carbocycles. The summed E-state index contributed by atoms with van der Waals surface area (Å²) in [5.41, 5.74) is 1.28. The maximum atomic E-state index is 2.50. The van der Waals surface area contributed by atoms with Crippen LogP contribution in [0.2, 0.25) is 0 Å². The van der Waals surface area contributed by atoms with E-state index < -0.39 is 0 Å². The number of likely N-dealkylation sites (tertiary alicyclic amines) is 1. The Labute approximate surface area is 68.3 Å². The van der Waals surface area contributed by atoms with Gasteiger partial charge in [0.25, 0.3) is 0 Å². The van der Waals surface area contributed by atoms with Crippen molar-refractivity contribution in [2.45, 2.75) is 36.8 Å². The van der Waals surface area contributed by atoms with Gasteiger partial charge < -0.3 is 4.48 Å². The van der Waals surface area contributed by atoms with Crippen LogP contribution >= 0.6 is 0 Å². The summed E-state index contributed by atoms with van der Waals surface area (Å²) < 4.78 is 1.29. The minimum Gasteiger partial charge on any atom is -0.305 e. The summed E-state index contributed by atoms with van der Waals surface area (Å²) in [5.74, 6) is 0. The lowest BCUT2D eigenvalue weighted by Gasteiger charge is -2.21. The number of quaternary nitrogens is 1. The fraction of sp³-hybridized carbons (Fsp3) is 0.800. The van der Waals surface area contributed by atoms with E-state index >= 15 is 0 Å². The highest BCUT2D eigenvalue weighted by molar-refractivity contribution is 5.35. The van der Waals surface area contributed by atoms with E-state index in [1.807, 2.05) is 0 Å². The Morgan fingerprint density at radius 1 is 1.27 bits per heavy atom. The molecule has 1 aliphatic heterocycles. The lowest BCUT2D eigenvalue weighted by molar-refractivity contribution is -0.814. The van der Waals surface area contributed by atoms with Gasteiger partial charge >= 0.3 is 0 Å². The second kappa shape index (κ2) is 1.31. The molecule has 2 aliphatic carbocycles. The third-order valence-electron chi connectivity index (χ3n) is 4.82. The van der Waals surface area contributed by atoms with Crippen molar-refractivity contribution in [3.05, 3.63) is 12.2 Å². The van der Waals surface area contributed by atoms with Crippen LogP contribution in [0.3, 0.4) is 0 Å². The zero-order valence-corrected chi connectivity index (χ0v) is 7.43. The highest BCUT2D eigenvalue weighted by Gasteiger charge is 2.87. The summed E-state index contributed by atoms with van der Waals surface area (Å²) in [7, 11) is 4.81. The third-order valence-corrected chi connectivity index (χ3v) is 4.82. The molecular weight excluding hydrogens is 134 g/mol. The smallest absolute Gasteiger partial charge is 0.173 e. The Kier molecular flexibility index (Phi) is 0.742. The topological polar surface area (TPSA) is 0 Å². The van der Waals surface area contributed by atoms with Crippen LogP contribution in [0.15, 0.2) is 12.2 Å². The average molecular weight is 150 g/mol. The summed E-state index contributed by atoms with van der Waals surface area (Å²) in [5, 5.41) is 0. The van der Waals surface area contributed by atoms with Crippen molar-refractivity contribution in [3.8, 4) is 0 Å². The van der Waals surface area contributed by atoms with Crippen LogP contribution in [-0.4, -0.2) is 29.7 Å². The van der Waals surface area contributed by atoms with Gasteiger partial charge in [-0.05, 0) is 12.5 Å². The Morgan fingerprint density at radius 3 is 2.73 bits per heavy atom. The normalized spacial score (nSPS) is 55.8. The van der Waals surface area contributed by atoms with Crippen LogP contribution in [0.4, 0.5) is 0 Å². The standard InChI is InChI=1S/C10H16N/c1-11(2)9-5-3-6-10(9,11)8-4-7-9/h3,5H,4,6-8H2,1-2H3/q+1/t9-,10+/m0/s1. The first-order valence-electron chi connectivity index (χ1n) is 4.68. The van der Waals surface area contributed by atoms with E-state index in [1.54, 1.807) is 0 Å². The fourth-order valence-electron chi connectivity index (χ4n) is 4.10. The minimum atomic E-state index is 0.604. The summed E-state index contributed by atoms with van der Waals surface area (Å²) in [4.78, 5) is 0. The Balaban J connectivity index is 2.17. The number of hydrogen-bond acceptors (Lipinski definition) is 0. The molecule has 1 heteroatoms. The number of rotatable bonds is 0. The first-order valence-corrected chi connectivity index (χ1v) is 4.68. The van der Waals surface area contributed by atoms with Gasteiger partial charge in [-0.1, -0.05) is 6.08 Å². The largest absolute Gasteiger partial charge is 0.305 e. The van der Waals surface area contributed by atoms with E-state index in [4.69, 9.17) is 0 Å². The number of hydrogen-bond donors (Lipinski definition) is 0. The summed E-state index contributed by atoms with van der Waals surface area (Å²) in [6, 6.07) is 0. The molecule has 2 atom stereocenters. The minimum absolute atomic E-state index is 0.604. The number of likely N-dealkylation sites (N-methyl/N-ethyl adjacent to an activating group) is 1. The maximum Gasteiger partial charge on any atom is 0.173 e. The molecule has 11 heavy (non-hydrogen) atoms. The van der Waals surface area contributed by atoms with E-state index in [-0.39, 0.29) is 0 Å². The molecule has 2 fully saturated rings. The van der Waals surface area contributed by atoms with E-state index in [9.17, 15) is 0 Å². The molecule has 0 N–H and O–H groups in total. The monoisotopic (exact) mass is 150 g/mol. The fourth-order valence-corrected chi connectivity index (χ4v) is 4.10. The van der Waals surface area contributed by atoms with Crippen molar-refractivity contribution in [2.75, 3.05) is 14.1 Å². The molecule has 60 valence electrons. The predicted molar refractivity (Wildman–Crippen MR) is 45.2 cm³/mol. The van der Waals surface area contributed by atoms with Crippen LogP contribution in [0.25, 0.3) is 0 Å². The van der Waals surface area contributed by atoms with Gasteiger partial charge in [-0.25, -0.2) is 0 Å². The first kappa shape index (κ1) is 6.24. The highest BCUT2D eigenvalue weighted by atomic mass is 15.6. The second-order valence-corrected chi connectivity index (χ2v) is 4.87. The molecule has 3 rings (SSSR count). The van der Waals surface area contributed by atoms with E-state index in [1.165, 1.54) is 30.2 Å². The molecule has 0 unspecified atom stereocenters. The van der Waals surface area contributed by atoms with Crippen molar-refractivity contribution >= 4 is 0 Å². The SMILES string of the molecule is C[N+]1(C)[C@@]23CC=C[C@]21CCC3. The van der Waals surface area contributed by atoms with Crippen molar-refractivity contribution < 1.29 is 4.48 Å². The van der Waals surface area contributed by atoms with Crippen LogP contribution in [-0.2, 0) is 0 Å². The average Bonchev–Trinajstić information content (AvgIpc) is 2.32. The zero-order chi connectivity index (χ0) is 7.74. The van der Waals surface area contributed by atoms with Gasteiger partial charge in [-0.3, -0.25) is 0 Å². The predicted octanol–water partition coefficient (Wildman–Crippen LogP) is 1.70. The summed E-state index contributed by atoms with van der Waals surface area (Å²) >= 11 is 0. The second-order valence-electron chi connectivity index (χ2n) is 4.87. The van der Waals surface area contributed by atoms with Crippen LogP contribution in [0.5, 0.6) is 0 Å². The van der Waals surface area contributed by atoms with Crippen molar-refractivity contribution in [1.29, 1.82) is 0 Å². The molecule has 0 aromatic rings. The van der Waals surface area contributed by atoms with Gasteiger partial charge in [0.15, 0.2) is 11.1 Å². The molecular formula is C10H16N+. The first-order chi connectivity index (χ1) is 5.16. The maximum absolute atomic E-state index is 2.50. The quantitative estimate of drug-likeness (QED) is 0.280. The Hall–Kier alpha value is -0.300. The van der Waals surface area contributed by atoms with Gasteiger partial charge in [-0.2, -0.15) is 0 Å². The van der Waals surface area contributed by atoms with E-state index in [0.29, 0.717) is 11.1 Å². The highest BCUT2D eigenvalue weighted by Crippen LogP contribution is 2.71. The molecule has 3 aliphatic rings. The van der Waals surface area contributed by atoms with Crippen molar-refractivity contribution in [1.82, 2.24) is 0 Å². The summed E-state index contributed by atoms with van der Waals surface area (Å²) in [6.07, 6.45) is 10.6. The van der Waals surface area contributed by atoms with Crippen molar-refractivity contribution in [3.63, 3.8) is 0 Å². The van der Waals surface area contributed by atoms with Gasteiger partial charge in [0, 0.05) is 19.3 Å². The zero-order valence-electron chi connectivity index (χ0n) is 7.43.